The predicted octanol–water partition coefficient (Wildman–Crippen LogP) is 2.67. The topological polar surface area (TPSA) is 46.3 Å². The van der Waals surface area contributed by atoms with Crippen LogP contribution in [-0.4, -0.2) is 23.9 Å². The number of halogens is 1. The normalized spacial score (nSPS) is 14.6. The van der Waals surface area contributed by atoms with Crippen LogP contribution in [0.25, 0.3) is 0 Å². The van der Waals surface area contributed by atoms with E-state index < -0.39 is 5.82 Å². The van der Waals surface area contributed by atoms with Gasteiger partial charge in [0.25, 0.3) is 5.91 Å². The van der Waals surface area contributed by atoms with Gasteiger partial charge in [-0.1, -0.05) is 6.92 Å². The second-order valence-electron chi connectivity index (χ2n) is 4.93. The number of hydrogen-bond donors (Lipinski definition) is 1. The Morgan fingerprint density at radius 1 is 1.50 bits per heavy atom. The highest BCUT2D eigenvalue weighted by Crippen LogP contribution is 2.30. The predicted molar refractivity (Wildman–Crippen MR) is 69.7 cm³/mol. The highest BCUT2D eigenvalue weighted by Gasteiger charge is 2.27. The minimum atomic E-state index is -0.531. The Hall–Kier alpha value is -1.58. The molecule has 18 heavy (non-hydrogen) atoms. The molecule has 0 aliphatic heterocycles. The number of amides is 1. The van der Waals surface area contributed by atoms with Crippen molar-refractivity contribution >= 4 is 11.6 Å². The lowest BCUT2D eigenvalue weighted by Gasteiger charge is -2.22. The minimum absolute atomic E-state index is 0.123. The zero-order valence-corrected chi connectivity index (χ0v) is 10.7. The van der Waals surface area contributed by atoms with Crippen LogP contribution in [-0.2, 0) is 0 Å². The van der Waals surface area contributed by atoms with Gasteiger partial charge in [0, 0.05) is 18.8 Å². The number of nitrogen functional groups attached to an aromatic ring is 1. The molecule has 2 N–H and O–H groups in total. The standard InChI is InChI=1S/C14H19FN2O/c1-2-7-17(9-10-3-4-10)14(18)12-6-5-11(16)8-13(12)15/h5-6,8,10H,2-4,7,9,16H2,1H3. The zero-order chi connectivity index (χ0) is 13.1. The summed E-state index contributed by atoms with van der Waals surface area (Å²) in [6.45, 7) is 3.45. The minimum Gasteiger partial charge on any atom is -0.399 e. The molecule has 1 aromatic carbocycles. The van der Waals surface area contributed by atoms with E-state index >= 15 is 0 Å². The summed E-state index contributed by atoms with van der Waals surface area (Å²) in [6.07, 6.45) is 3.24. The fourth-order valence-corrected chi connectivity index (χ4v) is 2.03. The van der Waals surface area contributed by atoms with E-state index in [9.17, 15) is 9.18 Å². The second-order valence-corrected chi connectivity index (χ2v) is 4.93. The summed E-state index contributed by atoms with van der Waals surface area (Å²) in [4.78, 5) is 14.0. The Bertz CT molecular complexity index is 443. The van der Waals surface area contributed by atoms with Crippen LogP contribution in [0.1, 0.15) is 36.5 Å². The Morgan fingerprint density at radius 3 is 2.78 bits per heavy atom. The van der Waals surface area contributed by atoms with Gasteiger partial charge < -0.3 is 10.6 Å². The Labute approximate surface area is 107 Å². The maximum atomic E-state index is 13.7. The van der Waals surface area contributed by atoms with Gasteiger partial charge in [0.05, 0.1) is 5.56 Å². The van der Waals surface area contributed by atoms with Crippen molar-refractivity contribution in [1.29, 1.82) is 0 Å². The third-order valence-corrected chi connectivity index (χ3v) is 3.18. The van der Waals surface area contributed by atoms with Gasteiger partial charge in [0.1, 0.15) is 5.82 Å². The second kappa shape index (κ2) is 5.38. The molecule has 1 aliphatic carbocycles. The van der Waals surface area contributed by atoms with Crippen molar-refractivity contribution in [2.24, 2.45) is 5.92 Å². The van der Waals surface area contributed by atoms with E-state index in [1.807, 2.05) is 6.92 Å². The number of rotatable bonds is 5. The summed E-state index contributed by atoms with van der Waals surface area (Å²) in [6, 6.07) is 4.24. The molecule has 0 unspecified atom stereocenters. The lowest BCUT2D eigenvalue weighted by molar-refractivity contribution is 0.0743. The molecule has 0 aromatic heterocycles. The zero-order valence-electron chi connectivity index (χ0n) is 10.7. The molecular formula is C14H19FN2O. The van der Waals surface area contributed by atoms with Gasteiger partial charge in [-0.3, -0.25) is 4.79 Å². The molecule has 0 bridgehead atoms. The van der Waals surface area contributed by atoms with E-state index in [1.165, 1.54) is 25.0 Å². The highest BCUT2D eigenvalue weighted by molar-refractivity contribution is 5.94. The molecule has 1 fully saturated rings. The van der Waals surface area contributed by atoms with Gasteiger partial charge in [-0.2, -0.15) is 0 Å². The summed E-state index contributed by atoms with van der Waals surface area (Å²) < 4.78 is 13.7. The van der Waals surface area contributed by atoms with Crippen molar-refractivity contribution in [3.8, 4) is 0 Å². The number of nitrogens with zero attached hydrogens (tertiary/aromatic N) is 1. The molecule has 4 heteroatoms. The number of benzene rings is 1. The molecule has 98 valence electrons. The van der Waals surface area contributed by atoms with E-state index in [1.54, 1.807) is 11.0 Å². The fourth-order valence-electron chi connectivity index (χ4n) is 2.03. The van der Waals surface area contributed by atoms with Crippen LogP contribution in [0.3, 0.4) is 0 Å². The Kier molecular flexibility index (Phi) is 3.84. The van der Waals surface area contributed by atoms with Gasteiger partial charge in [-0.15, -0.1) is 0 Å². The number of carbonyl (C=O) groups is 1. The number of anilines is 1. The first-order valence-corrected chi connectivity index (χ1v) is 6.46. The summed E-state index contributed by atoms with van der Waals surface area (Å²) in [7, 11) is 0. The van der Waals surface area contributed by atoms with Crippen LogP contribution >= 0.6 is 0 Å². The molecule has 2 rings (SSSR count). The summed E-state index contributed by atoms with van der Waals surface area (Å²) in [5.41, 5.74) is 5.95. The van der Waals surface area contributed by atoms with E-state index in [0.717, 1.165) is 13.0 Å². The van der Waals surface area contributed by atoms with Crippen LogP contribution < -0.4 is 5.73 Å². The van der Waals surface area contributed by atoms with E-state index in [0.29, 0.717) is 18.2 Å². The molecule has 0 radical (unpaired) electrons. The van der Waals surface area contributed by atoms with E-state index in [-0.39, 0.29) is 11.5 Å². The van der Waals surface area contributed by atoms with Crippen molar-refractivity contribution in [1.82, 2.24) is 4.90 Å². The van der Waals surface area contributed by atoms with Crippen molar-refractivity contribution in [2.75, 3.05) is 18.8 Å². The molecule has 0 saturated heterocycles. The molecule has 0 spiro atoms. The summed E-state index contributed by atoms with van der Waals surface area (Å²) in [5.74, 6) is -0.143. The molecular weight excluding hydrogens is 231 g/mol. The lowest BCUT2D eigenvalue weighted by Crippen LogP contribution is -2.34. The first kappa shape index (κ1) is 12.9. The molecule has 1 aliphatic rings. The van der Waals surface area contributed by atoms with E-state index in [2.05, 4.69) is 0 Å². The fraction of sp³-hybridized carbons (Fsp3) is 0.500. The summed E-state index contributed by atoms with van der Waals surface area (Å²) >= 11 is 0. The Balaban J connectivity index is 2.15. The SMILES string of the molecule is CCCN(CC1CC1)C(=O)c1ccc(N)cc1F. The summed E-state index contributed by atoms with van der Waals surface area (Å²) in [5, 5.41) is 0. The number of hydrogen-bond acceptors (Lipinski definition) is 2. The average molecular weight is 250 g/mol. The quantitative estimate of drug-likeness (QED) is 0.817. The molecule has 0 atom stereocenters. The number of nitrogens with two attached hydrogens (primary N) is 1. The first-order valence-electron chi connectivity index (χ1n) is 6.46. The van der Waals surface area contributed by atoms with Crippen molar-refractivity contribution in [2.45, 2.75) is 26.2 Å². The monoisotopic (exact) mass is 250 g/mol. The van der Waals surface area contributed by atoms with Crippen molar-refractivity contribution < 1.29 is 9.18 Å². The third kappa shape index (κ3) is 3.00. The van der Waals surface area contributed by atoms with Crippen LogP contribution in [0, 0.1) is 11.7 Å². The molecule has 3 nitrogen and oxygen atoms in total. The molecule has 1 saturated carbocycles. The molecule has 1 aromatic rings. The van der Waals surface area contributed by atoms with E-state index in [4.69, 9.17) is 5.73 Å². The van der Waals surface area contributed by atoms with Crippen molar-refractivity contribution in [3.63, 3.8) is 0 Å². The van der Waals surface area contributed by atoms with Crippen molar-refractivity contribution in [3.05, 3.63) is 29.6 Å². The van der Waals surface area contributed by atoms with Crippen LogP contribution in [0.15, 0.2) is 18.2 Å². The van der Waals surface area contributed by atoms with Gasteiger partial charge in [-0.25, -0.2) is 4.39 Å². The number of carbonyl (C=O) groups excluding carboxylic acids is 1. The highest BCUT2D eigenvalue weighted by atomic mass is 19.1. The van der Waals surface area contributed by atoms with Gasteiger partial charge in [-0.05, 0) is 43.4 Å². The largest absolute Gasteiger partial charge is 0.399 e. The maximum Gasteiger partial charge on any atom is 0.256 e. The third-order valence-electron chi connectivity index (χ3n) is 3.18. The molecule has 1 amide bonds. The van der Waals surface area contributed by atoms with Crippen LogP contribution in [0.2, 0.25) is 0 Å². The smallest absolute Gasteiger partial charge is 0.256 e. The Morgan fingerprint density at radius 2 is 2.22 bits per heavy atom. The lowest BCUT2D eigenvalue weighted by atomic mass is 10.1. The van der Waals surface area contributed by atoms with Gasteiger partial charge in [0.15, 0.2) is 0 Å². The first-order chi connectivity index (χ1) is 8.61. The molecule has 0 heterocycles. The van der Waals surface area contributed by atoms with Gasteiger partial charge >= 0.3 is 0 Å². The van der Waals surface area contributed by atoms with Crippen LogP contribution in [0.5, 0.6) is 0 Å². The average Bonchev–Trinajstić information content (AvgIpc) is 3.11. The van der Waals surface area contributed by atoms with Crippen LogP contribution in [0.4, 0.5) is 10.1 Å². The maximum absolute atomic E-state index is 13.7. The van der Waals surface area contributed by atoms with Gasteiger partial charge in [0.2, 0.25) is 0 Å².